The van der Waals surface area contributed by atoms with Gasteiger partial charge in [0.25, 0.3) is 0 Å². The summed E-state index contributed by atoms with van der Waals surface area (Å²) < 4.78 is 0. The summed E-state index contributed by atoms with van der Waals surface area (Å²) in [7, 11) is -3.75. The van der Waals surface area contributed by atoms with Crippen molar-refractivity contribution in [1.29, 1.82) is 0 Å². The number of hydrogen-bond acceptors (Lipinski definition) is 6. The Morgan fingerprint density at radius 3 is 1.10 bits per heavy atom. The summed E-state index contributed by atoms with van der Waals surface area (Å²) in [6, 6.07) is 0. The molecule has 1 heterocycles. The molecule has 10 heteroatoms. The van der Waals surface area contributed by atoms with Gasteiger partial charge in [-0.15, -0.1) is 0 Å². The predicted octanol–water partition coefficient (Wildman–Crippen LogP) is -9.41. The molecule has 1 saturated heterocycles. The van der Waals surface area contributed by atoms with E-state index >= 15 is 0 Å². The fourth-order valence-corrected chi connectivity index (χ4v) is 0.214. The van der Waals surface area contributed by atoms with Gasteiger partial charge in [0, 0.05) is 0 Å². The van der Waals surface area contributed by atoms with Crippen molar-refractivity contribution in [2.45, 2.75) is 0 Å². The summed E-state index contributed by atoms with van der Waals surface area (Å²) in [5.41, 5.74) is 0. The normalized spacial score (nSPS) is 17.4. The van der Waals surface area contributed by atoms with Crippen LogP contribution in [0.3, 0.4) is 0 Å². The molecule has 1 fully saturated rings. The van der Waals surface area contributed by atoms with E-state index in [0.717, 1.165) is 0 Å². The van der Waals surface area contributed by atoms with Crippen LogP contribution in [0.15, 0.2) is 0 Å². The number of rotatable bonds is 0. The zero-order chi connectivity index (χ0) is 5.98. The molecule has 0 unspecified atom stereocenters. The minimum absolute atomic E-state index is 0. The molecular formula is B2Na2O6. The Kier molecular flexibility index (Phi) is 10.9. The van der Waals surface area contributed by atoms with E-state index in [-0.39, 0.29) is 59.1 Å². The first kappa shape index (κ1) is 14.4. The standard InChI is InChI=1S/B2O6.2Na/c3-1-5-7-2(4)8-6-1;;/q-2;2*+1. The van der Waals surface area contributed by atoms with Gasteiger partial charge in [0.15, 0.2) is 0 Å². The molecule has 0 amide bonds. The molecule has 0 aromatic heterocycles. The fourth-order valence-electron chi connectivity index (χ4n) is 0.214. The smallest absolute Gasteiger partial charge is 0.828 e. The van der Waals surface area contributed by atoms with Crippen molar-refractivity contribution < 1.29 is 88.4 Å². The largest absolute Gasteiger partial charge is 1.00 e. The molecule has 1 aliphatic heterocycles. The molecule has 0 bridgehead atoms. The molecule has 0 saturated carbocycles. The van der Waals surface area contributed by atoms with Gasteiger partial charge in [-0.3, -0.25) is 19.2 Å². The Morgan fingerprint density at radius 1 is 0.700 bits per heavy atom. The topological polar surface area (TPSA) is 83.0 Å². The van der Waals surface area contributed by atoms with E-state index in [0.29, 0.717) is 0 Å². The zero-order valence-corrected chi connectivity index (χ0v) is 9.60. The molecule has 0 aliphatic carbocycles. The Balaban J connectivity index is 0. The second-order valence-electron chi connectivity index (χ2n) is 0.962. The van der Waals surface area contributed by atoms with Crippen LogP contribution in [-0.4, -0.2) is 14.6 Å². The summed E-state index contributed by atoms with van der Waals surface area (Å²) in [6.07, 6.45) is 0. The van der Waals surface area contributed by atoms with Crippen LogP contribution in [0.1, 0.15) is 0 Å². The molecule has 6 nitrogen and oxygen atoms in total. The van der Waals surface area contributed by atoms with Crippen molar-refractivity contribution >= 4 is 14.6 Å². The molecule has 10 heavy (non-hydrogen) atoms. The van der Waals surface area contributed by atoms with Gasteiger partial charge in [0.05, 0.1) is 0 Å². The van der Waals surface area contributed by atoms with Crippen LogP contribution in [0, 0.1) is 0 Å². The van der Waals surface area contributed by atoms with Gasteiger partial charge in [-0.2, -0.15) is 0 Å². The van der Waals surface area contributed by atoms with Gasteiger partial charge >= 0.3 is 73.8 Å². The van der Waals surface area contributed by atoms with Gasteiger partial charge in [0.2, 0.25) is 0 Å². The molecule has 1 rings (SSSR count). The van der Waals surface area contributed by atoms with Gasteiger partial charge in [0.1, 0.15) is 0 Å². The molecule has 44 valence electrons. The van der Waals surface area contributed by atoms with Crippen LogP contribution in [0.5, 0.6) is 0 Å². The van der Waals surface area contributed by atoms with Gasteiger partial charge in [-0.1, -0.05) is 0 Å². The molecule has 0 spiro atoms. The van der Waals surface area contributed by atoms with Crippen LogP contribution < -0.4 is 69.2 Å². The van der Waals surface area contributed by atoms with E-state index in [1.54, 1.807) is 0 Å². The fraction of sp³-hybridized carbons (Fsp3) is 0. The third-order valence-corrected chi connectivity index (χ3v) is 0.425. The second-order valence-corrected chi connectivity index (χ2v) is 0.962. The maximum absolute atomic E-state index is 9.86. The molecule has 0 aromatic carbocycles. The third kappa shape index (κ3) is 5.53. The van der Waals surface area contributed by atoms with Crippen molar-refractivity contribution in [2.24, 2.45) is 0 Å². The van der Waals surface area contributed by atoms with E-state index < -0.39 is 14.6 Å². The summed E-state index contributed by atoms with van der Waals surface area (Å²) in [5.74, 6) is 0. The summed E-state index contributed by atoms with van der Waals surface area (Å²) in [5, 5.41) is 19.7. The molecule has 0 radical (unpaired) electrons. The van der Waals surface area contributed by atoms with Crippen LogP contribution >= 0.6 is 0 Å². The summed E-state index contributed by atoms with van der Waals surface area (Å²) in [6.45, 7) is 0. The SMILES string of the molecule is [Na+].[Na+].[O-]B1OOB([O-])OO1. The minimum Gasteiger partial charge on any atom is -0.828 e. The van der Waals surface area contributed by atoms with E-state index in [9.17, 15) is 10.0 Å². The van der Waals surface area contributed by atoms with E-state index in [2.05, 4.69) is 19.2 Å². The first-order valence-electron chi connectivity index (χ1n) is 1.75. The average Bonchev–Trinajstić information content (AvgIpc) is 1.77. The molecule has 0 N–H and O–H groups in total. The van der Waals surface area contributed by atoms with Crippen molar-refractivity contribution in [2.75, 3.05) is 0 Å². The van der Waals surface area contributed by atoms with Crippen LogP contribution in [0.2, 0.25) is 0 Å². The Bertz CT molecular complexity index is 62.1. The minimum atomic E-state index is -1.87. The first-order chi connectivity index (χ1) is 3.79. The Hall–Kier alpha value is 1.89. The summed E-state index contributed by atoms with van der Waals surface area (Å²) in [4.78, 5) is 14.7. The predicted molar refractivity (Wildman–Crippen MR) is 15.8 cm³/mol. The Labute approximate surface area is 102 Å². The third-order valence-electron chi connectivity index (χ3n) is 0.425. The second kappa shape index (κ2) is 7.53. The first-order valence-corrected chi connectivity index (χ1v) is 1.75. The van der Waals surface area contributed by atoms with Gasteiger partial charge < -0.3 is 10.0 Å². The van der Waals surface area contributed by atoms with Crippen molar-refractivity contribution in [3.8, 4) is 0 Å². The molecular weight excluding hydrogens is 164 g/mol. The Morgan fingerprint density at radius 2 is 0.900 bits per heavy atom. The van der Waals surface area contributed by atoms with Gasteiger partial charge in [-0.25, -0.2) is 0 Å². The average molecular weight is 164 g/mol. The maximum Gasteiger partial charge on any atom is 1.00 e. The molecule has 0 atom stereocenters. The maximum atomic E-state index is 9.86. The monoisotopic (exact) mass is 164 g/mol. The van der Waals surface area contributed by atoms with E-state index in [1.807, 2.05) is 0 Å². The van der Waals surface area contributed by atoms with Crippen molar-refractivity contribution in [1.82, 2.24) is 0 Å². The number of hydrogen-bond donors (Lipinski definition) is 0. The van der Waals surface area contributed by atoms with Gasteiger partial charge in [-0.05, 0) is 0 Å². The van der Waals surface area contributed by atoms with Crippen molar-refractivity contribution in [3.05, 3.63) is 0 Å². The van der Waals surface area contributed by atoms with Crippen LogP contribution in [-0.2, 0) is 19.2 Å². The summed E-state index contributed by atoms with van der Waals surface area (Å²) >= 11 is 0. The van der Waals surface area contributed by atoms with Crippen LogP contribution in [0.25, 0.3) is 0 Å². The molecule has 1 aliphatic rings. The van der Waals surface area contributed by atoms with E-state index in [4.69, 9.17) is 0 Å². The van der Waals surface area contributed by atoms with Crippen LogP contribution in [0.4, 0.5) is 0 Å². The molecule has 0 aromatic rings. The quantitative estimate of drug-likeness (QED) is 0.261. The van der Waals surface area contributed by atoms with Crippen molar-refractivity contribution in [3.63, 3.8) is 0 Å². The van der Waals surface area contributed by atoms with E-state index in [1.165, 1.54) is 0 Å². The zero-order valence-electron chi connectivity index (χ0n) is 5.60.